The van der Waals surface area contributed by atoms with E-state index in [2.05, 4.69) is 103 Å². The van der Waals surface area contributed by atoms with E-state index in [1.807, 2.05) is 0 Å². The normalized spacial score (nSPS) is 18.3. The van der Waals surface area contributed by atoms with E-state index in [9.17, 15) is 0 Å². The minimum absolute atomic E-state index is 0.172. The summed E-state index contributed by atoms with van der Waals surface area (Å²) in [6.07, 6.45) is 2.36. The summed E-state index contributed by atoms with van der Waals surface area (Å²) in [6.45, 7) is 11.1. The van der Waals surface area contributed by atoms with Crippen LogP contribution in [0.5, 0.6) is 0 Å². The zero-order valence-electron chi connectivity index (χ0n) is 17.5. The van der Waals surface area contributed by atoms with E-state index < -0.39 is 10.5 Å². The molecule has 1 N–H and O–H groups in total. The van der Waals surface area contributed by atoms with Gasteiger partial charge in [-0.3, -0.25) is 0 Å². The molecule has 4 nitrogen and oxygen atoms in total. The summed E-state index contributed by atoms with van der Waals surface area (Å²) in [6, 6.07) is 14.0. The second-order valence-electron chi connectivity index (χ2n) is 7.57. The summed E-state index contributed by atoms with van der Waals surface area (Å²) >= 11 is 5.52. The topological polar surface area (TPSA) is 30.9 Å². The SMILES string of the molecule is CCCN(CCC)c1ccc2c(c1)S(I(I)I)=c1cc(N3CCNCC3)ccc1=N2. The fourth-order valence-corrected chi connectivity index (χ4v) is 24.3. The van der Waals surface area contributed by atoms with Crippen molar-refractivity contribution in [3.05, 3.63) is 46.3 Å². The number of piperazine rings is 1. The van der Waals surface area contributed by atoms with E-state index in [-0.39, 0.29) is 7.66 Å². The quantitative estimate of drug-likeness (QED) is 0.252. The number of hydrogen-bond donors (Lipinski definition) is 1. The predicted octanol–water partition coefficient (Wildman–Crippen LogP) is 6.69. The number of halogens is 3. The van der Waals surface area contributed by atoms with Crippen LogP contribution >= 0.6 is 55.4 Å². The molecule has 0 bridgehead atoms. The van der Waals surface area contributed by atoms with Gasteiger partial charge in [0.05, 0.1) is 0 Å². The number of hydrogen-bond acceptors (Lipinski definition) is 4. The van der Waals surface area contributed by atoms with Gasteiger partial charge in [-0.25, -0.2) is 0 Å². The molecule has 0 spiro atoms. The Balaban J connectivity index is 1.83. The molecule has 2 aromatic rings. The van der Waals surface area contributed by atoms with E-state index in [0.717, 1.165) is 39.3 Å². The number of nitrogens with zero attached hydrogens (tertiary/aromatic N) is 3. The summed E-state index contributed by atoms with van der Waals surface area (Å²) in [5.41, 5.74) is 3.93. The van der Waals surface area contributed by atoms with Crippen molar-refractivity contribution in [3.8, 4) is 0 Å². The van der Waals surface area contributed by atoms with E-state index in [0.29, 0.717) is 0 Å². The van der Waals surface area contributed by atoms with Gasteiger partial charge in [0.1, 0.15) is 0 Å². The summed E-state index contributed by atoms with van der Waals surface area (Å²) < 4.78 is 1.47. The number of fused-ring (bicyclic) bond motifs is 2. The van der Waals surface area contributed by atoms with Crippen LogP contribution < -0.4 is 20.5 Å². The van der Waals surface area contributed by atoms with Crippen molar-refractivity contribution >= 4 is 72.4 Å². The van der Waals surface area contributed by atoms with Crippen LogP contribution in [0.3, 0.4) is 0 Å². The average molecular weight is 762 g/mol. The molecule has 2 aliphatic rings. The standard InChI is InChI=1S/C22H29I3N4S/c1-3-11-28(12-4-2)17-5-7-19-21(15-17)30(25(23)24)22-16-18(6-8-20(22)27-19)29-13-9-26-10-14-29/h5-8,15-16,26H,3-4,9-14H2,1-2H3. The molecule has 8 heteroatoms. The van der Waals surface area contributed by atoms with Gasteiger partial charge in [-0.05, 0) is 0 Å². The fourth-order valence-electron chi connectivity index (χ4n) is 4.08. The van der Waals surface area contributed by atoms with Crippen LogP contribution in [0.25, 0.3) is 0 Å². The summed E-state index contributed by atoms with van der Waals surface area (Å²) in [5, 5.41) is 4.65. The minimum atomic E-state index is -1.21. The molecule has 2 heterocycles. The maximum absolute atomic E-state index is 5.10. The molecule has 0 saturated carbocycles. The fraction of sp³-hybridized carbons (Fsp3) is 0.455. The Kier molecular flexibility index (Phi) is 8.59. The van der Waals surface area contributed by atoms with Crippen molar-refractivity contribution in [1.82, 2.24) is 5.32 Å². The average Bonchev–Trinajstić information content (AvgIpc) is 2.77. The van der Waals surface area contributed by atoms with Crippen molar-refractivity contribution in [2.75, 3.05) is 49.1 Å². The van der Waals surface area contributed by atoms with Gasteiger partial charge in [0.15, 0.2) is 0 Å². The van der Waals surface area contributed by atoms with Crippen LogP contribution in [0.4, 0.5) is 17.1 Å². The Bertz CT molecular complexity index is 1020. The van der Waals surface area contributed by atoms with Gasteiger partial charge < -0.3 is 0 Å². The van der Waals surface area contributed by atoms with Crippen LogP contribution in [-0.2, 0) is 0 Å². The first-order chi connectivity index (χ1) is 14.6. The molecule has 30 heavy (non-hydrogen) atoms. The van der Waals surface area contributed by atoms with Gasteiger partial charge in [-0.2, -0.15) is 0 Å². The summed E-state index contributed by atoms with van der Waals surface area (Å²) in [7, 11) is -1.04. The predicted molar refractivity (Wildman–Crippen MR) is 158 cm³/mol. The molecule has 2 aromatic carbocycles. The van der Waals surface area contributed by atoms with E-state index >= 15 is 0 Å². The number of anilines is 2. The molecule has 0 amide bonds. The Morgan fingerprint density at radius 1 is 1.07 bits per heavy atom. The second kappa shape index (κ2) is 11.0. The van der Waals surface area contributed by atoms with Crippen LogP contribution in [0, 0.1) is 4.51 Å². The third kappa shape index (κ3) is 5.12. The Hall–Kier alpha value is 0.340. The van der Waals surface area contributed by atoms with E-state index in [1.165, 1.54) is 44.7 Å². The van der Waals surface area contributed by atoms with Crippen molar-refractivity contribution in [3.63, 3.8) is 0 Å². The van der Waals surface area contributed by atoms with Crippen molar-refractivity contribution in [2.45, 2.75) is 31.6 Å². The molecular weight excluding hydrogens is 733 g/mol. The molecular formula is C22H29I3N4S. The molecule has 2 aliphatic heterocycles. The van der Waals surface area contributed by atoms with Gasteiger partial charge in [0.2, 0.25) is 0 Å². The molecule has 1 unspecified atom stereocenters. The van der Waals surface area contributed by atoms with Crippen LogP contribution in [-0.4, -0.2) is 39.3 Å². The van der Waals surface area contributed by atoms with Gasteiger partial charge >= 0.3 is 210 Å². The van der Waals surface area contributed by atoms with Crippen molar-refractivity contribution in [1.29, 1.82) is 0 Å². The molecule has 1 fully saturated rings. The van der Waals surface area contributed by atoms with Gasteiger partial charge in [-0.15, -0.1) is 0 Å². The number of benzene rings is 2. The second-order valence-corrected chi connectivity index (χ2v) is 43.5. The Morgan fingerprint density at radius 3 is 2.47 bits per heavy atom. The van der Waals surface area contributed by atoms with Crippen LogP contribution in [0.1, 0.15) is 26.7 Å². The van der Waals surface area contributed by atoms with E-state index in [4.69, 9.17) is 4.99 Å². The first-order valence-electron chi connectivity index (χ1n) is 10.6. The number of rotatable bonds is 7. The molecule has 1 saturated heterocycles. The Morgan fingerprint density at radius 2 is 1.80 bits per heavy atom. The number of nitrogens with one attached hydrogen (secondary N) is 1. The van der Waals surface area contributed by atoms with E-state index in [1.54, 1.807) is 0 Å². The zero-order valence-corrected chi connectivity index (χ0v) is 24.8. The van der Waals surface area contributed by atoms with Gasteiger partial charge in [-0.1, -0.05) is 0 Å². The third-order valence-corrected chi connectivity index (χ3v) is 25.4. The molecule has 4 rings (SSSR count). The molecule has 1 atom stereocenters. The van der Waals surface area contributed by atoms with Crippen molar-refractivity contribution in [2.24, 2.45) is 4.99 Å². The first kappa shape index (κ1) is 23.5. The monoisotopic (exact) mass is 762 g/mol. The Labute approximate surface area is 207 Å². The molecule has 0 aromatic heterocycles. The first-order valence-corrected chi connectivity index (χ1v) is 26.9. The van der Waals surface area contributed by atoms with Gasteiger partial charge in [0.25, 0.3) is 0 Å². The molecule has 0 aliphatic carbocycles. The maximum atomic E-state index is 5.10. The summed E-state index contributed by atoms with van der Waals surface area (Å²) in [5.74, 6) is 0. The molecule has 0 radical (unpaired) electrons. The van der Waals surface area contributed by atoms with Crippen LogP contribution in [0.2, 0.25) is 0 Å². The van der Waals surface area contributed by atoms with Crippen LogP contribution in [0.15, 0.2) is 46.3 Å². The third-order valence-electron chi connectivity index (χ3n) is 5.46. The van der Waals surface area contributed by atoms with Crippen molar-refractivity contribution < 1.29 is 0 Å². The van der Waals surface area contributed by atoms with Gasteiger partial charge in [0, 0.05) is 0 Å². The summed E-state index contributed by atoms with van der Waals surface area (Å²) in [4.78, 5) is 11.6. The zero-order chi connectivity index (χ0) is 21.1. The molecule has 164 valence electrons.